The first-order chi connectivity index (χ1) is 23.9. The zero-order valence-corrected chi connectivity index (χ0v) is 30.4. The van der Waals surface area contributed by atoms with Crippen molar-refractivity contribution in [3.63, 3.8) is 0 Å². The molecule has 2 saturated carbocycles. The predicted molar refractivity (Wildman–Crippen MR) is 178 cm³/mol. The Balaban J connectivity index is 1.15. The smallest absolute Gasteiger partial charge is 0.435 e. The molecule has 1 saturated heterocycles. The minimum Gasteiger partial charge on any atom is -0.484 e. The van der Waals surface area contributed by atoms with Crippen LogP contribution in [0.3, 0.4) is 0 Å². The minimum absolute atomic E-state index is 0.00728. The number of alkyl halides is 9. The van der Waals surface area contributed by atoms with E-state index in [-0.39, 0.29) is 42.6 Å². The molecule has 5 rings (SSSR count). The van der Waals surface area contributed by atoms with Crippen LogP contribution in [0.15, 0.2) is 18.2 Å². The lowest BCUT2D eigenvalue weighted by Gasteiger charge is -2.50. The number of fused-ring (bicyclic) bond motifs is 5. The van der Waals surface area contributed by atoms with Crippen LogP contribution in [0.1, 0.15) is 88.7 Å². The number of halogens is 9. The molecular weight excluding hydrogens is 734 g/mol. The third-order valence-electron chi connectivity index (χ3n) is 11.5. The van der Waals surface area contributed by atoms with E-state index in [4.69, 9.17) is 9.47 Å². The van der Waals surface area contributed by atoms with E-state index in [0.29, 0.717) is 24.0 Å². The second-order valence-corrected chi connectivity index (χ2v) is 17.0. The molecule has 1 amide bonds. The Bertz CT molecular complexity index is 1300. The fourth-order valence-corrected chi connectivity index (χ4v) is 11.4. The van der Waals surface area contributed by atoms with Crippen LogP contribution in [0.4, 0.5) is 39.5 Å². The summed E-state index contributed by atoms with van der Waals surface area (Å²) in [5.74, 6) is 3.56. The van der Waals surface area contributed by atoms with E-state index in [1.807, 2.05) is 38.6 Å². The summed E-state index contributed by atoms with van der Waals surface area (Å²) >= 11 is 0. The number of amides is 1. The fourth-order valence-electron chi connectivity index (χ4n) is 8.88. The van der Waals surface area contributed by atoms with Gasteiger partial charge in [0.25, 0.3) is 5.91 Å². The minimum atomic E-state index is -6.75. The summed E-state index contributed by atoms with van der Waals surface area (Å²) in [6.07, 6.45) is -13.3. The summed E-state index contributed by atoms with van der Waals surface area (Å²) in [5, 5.41) is 0. The molecule has 0 radical (unpaired) electrons. The summed E-state index contributed by atoms with van der Waals surface area (Å²) in [7, 11) is 3.66. The van der Waals surface area contributed by atoms with Gasteiger partial charge in [-0.25, -0.2) is 0 Å². The molecule has 3 fully saturated rings. The molecule has 6 atom stereocenters. The van der Waals surface area contributed by atoms with Crippen LogP contribution in [0.5, 0.6) is 5.75 Å². The molecule has 1 aliphatic heterocycles. The molecule has 0 N–H and O–H groups in total. The summed E-state index contributed by atoms with van der Waals surface area (Å²) in [6.45, 7) is 3.18. The number of ether oxygens (including phenoxy) is 3. The maximum atomic E-state index is 13.3. The topological polar surface area (TPSA) is 48.0 Å². The lowest BCUT2D eigenvalue weighted by Crippen LogP contribution is -2.67. The van der Waals surface area contributed by atoms with E-state index >= 15 is 0 Å². The van der Waals surface area contributed by atoms with E-state index in [0.717, 1.165) is 69.4 Å². The zero-order chi connectivity index (χ0) is 37.2. The largest absolute Gasteiger partial charge is 0.484 e. The van der Waals surface area contributed by atoms with E-state index in [2.05, 4.69) is 24.7 Å². The summed E-state index contributed by atoms with van der Waals surface area (Å²) in [6, 6.07) is 6.30. The monoisotopic (exact) mass is 779 g/mol. The number of aryl methyl sites for hydroxylation is 1. The number of rotatable bonds is 13. The number of carbonyl (C=O) groups excluding carboxylic acids is 1. The lowest BCUT2D eigenvalue weighted by molar-refractivity contribution is -0.457. The van der Waals surface area contributed by atoms with Gasteiger partial charge in [0.05, 0.1) is 12.7 Å². The van der Waals surface area contributed by atoms with Crippen LogP contribution in [-0.2, 0) is 20.7 Å². The Labute approximate surface area is 300 Å². The number of unbranched alkanes of at least 4 members (excludes halogenated alkanes) is 1. The van der Waals surface area contributed by atoms with Crippen molar-refractivity contribution >= 4 is 27.5 Å². The first kappa shape index (κ1) is 40.7. The average molecular weight is 780 g/mol. The summed E-state index contributed by atoms with van der Waals surface area (Å²) in [5.41, 5.74) is -4.08. The molecule has 290 valence electrons. The number of hydrogen-bond donors (Lipinski definition) is 0. The summed E-state index contributed by atoms with van der Waals surface area (Å²) in [4.78, 5) is 15.2. The molecule has 1 aromatic rings. The van der Waals surface area contributed by atoms with Gasteiger partial charge in [0, 0.05) is 30.7 Å². The third kappa shape index (κ3) is 8.28. The van der Waals surface area contributed by atoms with Crippen LogP contribution in [0, 0.1) is 17.3 Å². The summed E-state index contributed by atoms with van der Waals surface area (Å²) < 4.78 is 134. The maximum Gasteiger partial charge on any atom is 0.435 e. The standard InChI is InChI=1S/C35H46F9NO4S2/c1-3-4-15-45(23-13-18-50-51-21-23)30(46)20-48-24-7-9-25-22(19-24)6-8-27-26(25)12-14-31(2)28(27)10-11-29(31)47-16-5-17-49-32(33(36,37)38,34(39,40)41)35(42,43)44/h7,9,19,23,26-29H,3-6,8,10-18,20-21H2,1-2H3. The Morgan fingerprint density at radius 3 is 2.29 bits per heavy atom. The van der Waals surface area contributed by atoms with Crippen LogP contribution in [0.2, 0.25) is 0 Å². The second-order valence-electron chi connectivity index (χ2n) is 14.4. The normalized spacial score (nSPS) is 28.5. The van der Waals surface area contributed by atoms with Crippen molar-refractivity contribution in [3.8, 4) is 5.75 Å². The molecule has 6 unspecified atom stereocenters. The molecule has 4 aliphatic rings. The number of nitrogens with zero attached hydrogens (tertiary/aromatic N) is 1. The molecule has 0 aromatic heterocycles. The van der Waals surface area contributed by atoms with Gasteiger partial charge in [-0.3, -0.25) is 4.79 Å². The highest BCUT2D eigenvalue weighted by Crippen LogP contribution is 2.62. The van der Waals surface area contributed by atoms with Gasteiger partial charge in [-0.1, -0.05) is 47.9 Å². The highest BCUT2D eigenvalue weighted by molar-refractivity contribution is 8.76. The van der Waals surface area contributed by atoms with E-state index in [9.17, 15) is 44.3 Å². The fraction of sp³-hybridized carbons (Fsp3) is 0.800. The van der Waals surface area contributed by atoms with Crippen molar-refractivity contribution in [1.82, 2.24) is 4.90 Å². The molecule has 51 heavy (non-hydrogen) atoms. The second kappa shape index (κ2) is 16.1. The number of hydrogen-bond acceptors (Lipinski definition) is 6. The highest BCUT2D eigenvalue weighted by Gasteiger charge is 2.85. The van der Waals surface area contributed by atoms with E-state index in [1.165, 1.54) is 11.1 Å². The van der Waals surface area contributed by atoms with Gasteiger partial charge in [0.2, 0.25) is 0 Å². The first-order valence-corrected chi connectivity index (χ1v) is 20.2. The van der Waals surface area contributed by atoms with Crippen LogP contribution in [0.25, 0.3) is 0 Å². The van der Waals surface area contributed by atoms with Crippen molar-refractivity contribution in [1.29, 1.82) is 0 Å². The number of benzene rings is 1. The Morgan fingerprint density at radius 2 is 1.65 bits per heavy atom. The van der Waals surface area contributed by atoms with Gasteiger partial charge in [-0.2, -0.15) is 39.5 Å². The highest BCUT2D eigenvalue weighted by atomic mass is 33.1. The predicted octanol–water partition coefficient (Wildman–Crippen LogP) is 9.92. The van der Waals surface area contributed by atoms with Gasteiger partial charge >= 0.3 is 24.1 Å². The molecule has 1 heterocycles. The molecule has 5 nitrogen and oxygen atoms in total. The molecule has 0 bridgehead atoms. The zero-order valence-electron chi connectivity index (χ0n) is 28.7. The van der Waals surface area contributed by atoms with E-state index in [1.54, 1.807) is 0 Å². The average Bonchev–Trinajstić information content (AvgIpc) is 3.39. The SMILES string of the molecule is CCCCN(C(=O)COc1ccc2c(c1)CCC1C2CCC2(C)C(OCCCOC(C(F)(F)F)(C(F)(F)F)C(F)(F)F)CCC12)C1CCSSC1. The molecule has 1 aromatic carbocycles. The van der Waals surface area contributed by atoms with Crippen LogP contribution < -0.4 is 4.74 Å². The molecule has 0 spiro atoms. The quantitative estimate of drug-likeness (QED) is 0.113. The molecule has 16 heteroatoms. The van der Waals surface area contributed by atoms with Crippen LogP contribution >= 0.6 is 21.6 Å². The van der Waals surface area contributed by atoms with Crippen molar-refractivity contribution < 1.29 is 58.5 Å². The van der Waals surface area contributed by atoms with Gasteiger partial charge in [-0.05, 0) is 104 Å². The Morgan fingerprint density at radius 1 is 0.922 bits per heavy atom. The first-order valence-electron chi connectivity index (χ1n) is 17.7. The number of carbonyl (C=O) groups is 1. The van der Waals surface area contributed by atoms with Gasteiger partial charge in [0.1, 0.15) is 5.75 Å². The lowest BCUT2D eigenvalue weighted by atomic mass is 9.55. The van der Waals surface area contributed by atoms with Crippen molar-refractivity contribution in [2.75, 3.05) is 37.9 Å². The Hall–Kier alpha value is -1.52. The van der Waals surface area contributed by atoms with Gasteiger partial charge in [0.15, 0.2) is 6.61 Å². The maximum absolute atomic E-state index is 13.3. The van der Waals surface area contributed by atoms with Crippen molar-refractivity contribution in [2.24, 2.45) is 17.3 Å². The third-order valence-corrected chi connectivity index (χ3v) is 14.0. The van der Waals surface area contributed by atoms with E-state index < -0.39 is 37.2 Å². The van der Waals surface area contributed by atoms with Gasteiger partial charge in [-0.15, -0.1) is 0 Å². The van der Waals surface area contributed by atoms with Crippen molar-refractivity contribution in [2.45, 2.75) is 120 Å². The van der Waals surface area contributed by atoms with Gasteiger partial charge < -0.3 is 19.1 Å². The molecular formula is C35H46F9NO4S2. The Kier molecular flexibility index (Phi) is 12.8. The van der Waals surface area contributed by atoms with Crippen LogP contribution in [-0.4, -0.2) is 85.0 Å². The van der Waals surface area contributed by atoms with Crippen molar-refractivity contribution in [3.05, 3.63) is 29.3 Å². The molecule has 3 aliphatic carbocycles.